The molecule has 0 unspecified atom stereocenters. The lowest BCUT2D eigenvalue weighted by Gasteiger charge is -2.27. The molecule has 0 aliphatic carbocycles. The van der Waals surface area contributed by atoms with Crippen LogP contribution in [0.3, 0.4) is 0 Å². The molecule has 2 aromatic rings. The third kappa shape index (κ3) is 3.75. The van der Waals surface area contributed by atoms with Crippen molar-refractivity contribution in [2.45, 2.75) is 38.9 Å². The highest BCUT2D eigenvalue weighted by Gasteiger charge is 2.32. The highest BCUT2D eigenvalue weighted by molar-refractivity contribution is 7.09. The molecule has 1 aromatic carbocycles. The Labute approximate surface area is 163 Å². The predicted molar refractivity (Wildman–Crippen MR) is 105 cm³/mol. The van der Waals surface area contributed by atoms with Gasteiger partial charge in [0, 0.05) is 41.8 Å². The molecule has 1 aromatic heterocycles. The number of hydrogen-bond acceptors (Lipinski definition) is 5. The van der Waals surface area contributed by atoms with E-state index >= 15 is 0 Å². The Hall–Kier alpha value is -2.25. The van der Waals surface area contributed by atoms with E-state index in [1.807, 2.05) is 16.3 Å². The van der Waals surface area contributed by atoms with E-state index in [-0.39, 0.29) is 11.8 Å². The highest BCUT2D eigenvalue weighted by atomic mass is 32.1. The van der Waals surface area contributed by atoms with E-state index in [1.165, 1.54) is 17.8 Å². The number of nitrogens with zero attached hydrogens (tertiary/aromatic N) is 3. The average molecular weight is 385 g/mol. The first-order valence-corrected chi connectivity index (χ1v) is 10.4. The second-order valence-electron chi connectivity index (χ2n) is 7.09. The van der Waals surface area contributed by atoms with Crippen LogP contribution in [0.2, 0.25) is 0 Å². The van der Waals surface area contributed by atoms with Crippen LogP contribution >= 0.6 is 11.3 Å². The maximum Gasteiger partial charge on any atom is 0.254 e. The smallest absolute Gasteiger partial charge is 0.254 e. The molecule has 2 amide bonds. The Morgan fingerprint density at radius 1 is 1.41 bits per heavy atom. The Morgan fingerprint density at radius 3 is 3.07 bits per heavy atom. The standard InChI is InChI=1S/C20H24N4O2S/c1-2-23-8-3-4-16(23)13-24-12-15-6-5-14(10-17(15)20(24)26)19(25)22-11-18-21-7-9-27-18/h5-7,9-10,16H,2-4,8,11-13H2,1H3,(H,22,25)/t16-/m1/s1. The molecule has 1 saturated heterocycles. The van der Waals surface area contributed by atoms with E-state index in [0.717, 1.165) is 36.6 Å². The molecule has 1 fully saturated rings. The van der Waals surface area contributed by atoms with E-state index in [9.17, 15) is 9.59 Å². The van der Waals surface area contributed by atoms with E-state index < -0.39 is 0 Å². The first-order valence-electron chi connectivity index (χ1n) is 9.48. The van der Waals surface area contributed by atoms with Crippen molar-refractivity contribution in [3.8, 4) is 0 Å². The lowest BCUT2D eigenvalue weighted by atomic mass is 10.1. The van der Waals surface area contributed by atoms with Crippen LogP contribution in [0.4, 0.5) is 0 Å². The lowest BCUT2D eigenvalue weighted by Crippen LogP contribution is -2.40. The van der Waals surface area contributed by atoms with Crippen LogP contribution in [0.1, 0.15) is 51.1 Å². The van der Waals surface area contributed by atoms with Gasteiger partial charge in [0.05, 0.1) is 6.54 Å². The zero-order chi connectivity index (χ0) is 18.8. The van der Waals surface area contributed by atoms with E-state index in [0.29, 0.717) is 30.3 Å². The van der Waals surface area contributed by atoms with E-state index in [4.69, 9.17) is 0 Å². The number of aromatic nitrogens is 1. The molecule has 2 aliphatic rings. The molecule has 3 heterocycles. The number of nitrogens with one attached hydrogen (secondary N) is 1. The topological polar surface area (TPSA) is 65.5 Å². The number of likely N-dealkylation sites (N-methyl/N-ethyl adjacent to an activating group) is 1. The Kier molecular flexibility index (Phi) is 5.22. The van der Waals surface area contributed by atoms with Crippen molar-refractivity contribution in [1.82, 2.24) is 20.1 Å². The van der Waals surface area contributed by atoms with Crippen LogP contribution in [0.5, 0.6) is 0 Å². The monoisotopic (exact) mass is 384 g/mol. The minimum atomic E-state index is -0.174. The van der Waals surface area contributed by atoms with Crippen molar-refractivity contribution in [3.63, 3.8) is 0 Å². The summed E-state index contributed by atoms with van der Waals surface area (Å²) in [4.78, 5) is 33.8. The lowest BCUT2D eigenvalue weighted by molar-refractivity contribution is 0.0731. The van der Waals surface area contributed by atoms with Crippen molar-refractivity contribution >= 4 is 23.2 Å². The number of carbonyl (C=O) groups is 2. The zero-order valence-corrected chi connectivity index (χ0v) is 16.3. The summed E-state index contributed by atoms with van der Waals surface area (Å²) in [5.74, 6) is -0.130. The van der Waals surface area contributed by atoms with Crippen molar-refractivity contribution in [1.29, 1.82) is 0 Å². The average Bonchev–Trinajstić information content (AvgIpc) is 3.41. The van der Waals surface area contributed by atoms with Gasteiger partial charge < -0.3 is 10.2 Å². The fourth-order valence-electron chi connectivity index (χ4n) is 4.02. The van der Waals surface area contributed by atoms with Crippen LogP contribution in [0.15, 0.2) is 29.8 Å². The second-order valence-corrected chi connectivity index (χ2v) is 8.07. The van der Waals surface area contributed by atoms with Gasteiger partial charge in [-0.25, -0.2) is 4.98 Å². The molecule has 0 saturated carbocycles. The number of hydrogen-bond donors (Lipinski definition) is 1. The third-order valence-corrected chi connectivity index (χ3v) is 6.25. The summed E-state index contributed by atoms with van der Waals surface area (Å²) < 4.78 is 0. The van der Waals surface area contributed by atoms with Gasteiger partial charge in [-0.05, 0) is 43.6 Å². The van der Waals surface area contributed by atoms with Crippen LogP contribution in [0.25, 0.3) is 0 Å². The normalized spacial score (nSPS) is 19.5. The van der Waals surface area contributed by atoms with Crippen LogP contribution < -0.4 is 5.32 Å². The highest BCUT2D eigenvalue weighted by Crippen LogP contribution is 2.27. The largest absolute Gasteiger partial charge is 0.346 e. The number of rotatable bonds is 6. The maximum absolute atomic E-state index is 12.9. The fourth-order valence-corrected chi connectivity index (χ4v) is 4.58. The van der Waals surface area contributed by atoms with Crippen molar-refractivity contribution in [3.05, 3.63) is 51.5 Å². The number of benzene rings is 1. The van der Waals surface area contributed by atoms with Gasteiger partial charge >= 0.3 is 0 Å². The Bertz CT molecular complexity index is 837. The summed E-state index contributed by atoms with van der Waals surface area (Å²) in [5.41, 5.74) is 2.20. The maximum atomic E-state index is 12.9. The molecule has 142 valence electrons. The summed E-state index contributed by atoms with van der Waals surface area (Å²) in [6.45, 7) is 6.15. The molecule has 27 heavy (non-hydrogen) atoms. The number of carbonyl (C=O) groups excluding carboxylic acids is 2. The molecule has 6 nitrogen and oxygen atoms in total. The SMILES string of the molecule is CCN1CCC[C@@H]1CN1Cc2ccc(C(=O)NCc3nccs3)cc2C1=O. The van der Waals surface area contributed by atoms with Crippen LogP contribution in [-0.2, 0) is 13.1 Å². The molecule has 0 spiro atoms. The van der Waals surface area contributed by atoms with Crippen LogP contribution in [0, 0.1) is 0 Å². The predicted octanol–water partition coefficient (Wildman–Crippen LogP) is 2.51. The van der Waals surface area contributed by atoms with Gasteiger partial charge in [0.25, 0.3) is 11.8 Å². The van der Waals surface area contributed by atoms with Crippen LogP contribution in [-0.4, -0.2) is 52.3 Å². The van der Waals surface area contributed by atoms with Gasteiger partial charge in [-0.15, -0.1) is 11.3 Å². The molecule has 0 radical (unpaired) electrons. The number of fused-ring (bicyclic) bond motifs is 1. The molecule has 1 atom stereocenters. The van der Waals surface area contributed by atoms with Gasteiger partial charge in [-0.2, -0.15) is 0 Å². The van der Waals surface area contributed by atoms with Gasteiger partial charge in [-0.3, -0.25) is 14.5 Å². The molecule has 1 N–H and O–H groups in total. The summed E-state index contributed by atoms with van der Waals surface area (Å²) in [6.07, 6.45) is 4.08. The van der Waals surface area contributed by atoms with Crippen molar-refractivity contribution < 1.29 is 9.59 Å². The number of thiazole rings is 1. The first-order chi connectivity index (χ1) is 13.2. The Balaban J connectivity index is 1.42. The minimum Gasteiger partial charge on any atom is -0.346 e. The fraction of sp³-hybridized carbons (Fsp3) is 0.450. The number of likely N-dealkylation sites (tertiary alicyclic amines) is 1. The molecule has 2 aliphatic heterocycles. The summed E-state index contributed by atoms with van der Waals surface area (Å²) in [5, 5.41) is 5.62. The molecule has 4 rings (SSSR count). The summed E-state index contributed by atoms with van der Waals surface area (Å²) >= 11 is 1.51. The quantitative estimate of drug-likeness (QED) is 0.831. The third-order valence-electron chi connectivity index (χ3n) is 5.47. The number of amides is 2. The molecular weight excluding hydrogens is 360 g/mol. The van der Waals surface area contributed by atoms with E-state index in [2.05, 4.69) is 22.1 Å². The van der Waals surface area contributed by atoms with Gasteiger partial charge in [0.1, 0.15) is 5.01 Å². The van der Waals surface area contributed by atoms with Gasteiger partial charge in [0.2, 0.25) is 0 Å². The zero-order valence-electron chi connectivity index (χ0n) is 15.5. The van der Waals surface area contributed by atoms with Gasteiger partial charge in [-0.1, -0.05) is 13.0 Å². The second kappa shape index (κ2) is 7.78. The van der Waals surface area contributed by atoms with E-state index in [1.54, 1.807) is 18.3 Å². The minimum absolute atomic E-state index is 0.0440. The molecule has 7 heteroatoms. The Morgan fingerprint density at radius 2 is 2.30 bits per heavy atom. The van der Waals surface area contributed by atoms with Crippen molar-refractivity contribution in [2.75, 3.05) is 19.6 Å². The van der Waals surface area contributed by atoms with Crippen molar-refractivity contribution in [2.24, 2.45) is 0 Å². The first kappa shape index (κ1) is 18.1. The van der Waals surface area contributed by atoms with Gasteiger partial charge in [0.15, 0.2) is 0 Å². The summed E-state index contributed by atoms with van der Waals surface area (Å²) in [7, 11) is 0. The summed E-state index contributed by atoms with van der Waals surface area (Å²) in [6, 6.07) is 5.91. The molecule has 0 bridgehead atoms. The molecular formula is C20H24N4O2S.